The van der Waals surface area contributed by atoms with Crippen LogP contribution in [0.15, 0.2) is 29.2 Å². The van der Waals surface area contributed by atoms with Crippen LogP contribution in [0.25, 0.3) is 5.76 Å². The molecule has 1 aromatic carbocycles. The van der Waals surface area contributed by atoms with E-state index in [9.17, 15) is 5.11 Å². The van der Waals surface area contributed by atoms with E-state index in [1.54, 1.807) is 6.07 Å². The summed E-state index contributed by atoms with van der Waals surface area (Å²) in [5.41, 5.74) is 5.19. The fraction of sp³-hybridized carbons (Fsp3) is 0.478. The summed E-state index contributed by atoms with van der Waals surface area (Å²) in [4.78, 5) is 0. The SMILES string of the molecule is C1CC1.C=C(O)c1ccc(Cc2c(C)cc3c(c2C)C(C)(C)CCO3)o1. The number of benzene rings is 1. The molecular weight excluding hydrogens is 324 g/mol. The van der Waals surface area contributed by atoms with Crippen LogP contribution in [0.1, 0.15) is 73.3 Å². The van der Waals surface area contributed by atoms with Gasteiger partial charge >= 0.3 is 0 Å². The van der Waals surface area contributed by atoms with Crippen LogP contribution >= 0.6 is 0 Å². The predicted octanol–water partition coefficient (Wildman–Crippen LogP) is 6.25. The van der Waals surface area contributed by atoms with Gasteiger partial charge in [-0.15, -0.1) is 0 Å². The first-order chi connectivity index (χ1) is 12.3. The zero-order valence-electron chi connectivity index (χ0n) is 16.4. The predicted molar refractivity (Wildman–Crippen MR) is 106 cm³/mol. The van der Waals surface area contributed by atoms with Crippen molar-refractivity contribution in [2.24, 2.45) is 0 Å². The van der Waals surface area contributed by atoms with Crippen molar-refractivity contribution >= 4 is 5.76 Å². The number of aliphatic hydroxyl groups is 1. The quantitative estimate of drug-likeness (QED) is 0.663. The lowest BCUT2D eigenvalue weighted by Crippen LogP contribution is -2.28. The largest absolute Gasteiger partial charge is 0.505 e. The molecule has 1 aromatic heterocycles. The summed E-state index contributed by atoms with van der Waals surface area (Å²) in [6.45, 7) is 13.1. The van der Waals surface area contributed by atoms with Crippen molar-refractivity contribution in [3.05, 3.63) is 58.6 Å². The second kappa shape index (κ2) is 7.22. The number of ether oxygens (including phenoxy) is 1. The second-order valence-electron chi connectivity index (χ2n) is 8.10. The highest BCUT2D eigenvalue weighted by molar-refractivity contribution is 5.54. The Balaban J connectivity index is 0.000000592. The van der Waals surface area contributed by atoms with Crippen LogP contribution in [0.2, 0.25) is 0 Å². The molecular formula is C23H30O3. The maximum Gasteiger partial charge on any atom is 0.168 e. The van der Waals surface area contributed by atoms with E-state index in [2.05, 4.69) is 40.3 Å². The molecule has 2 aromatic rings. The maximum absolute atomic E-state index is 9.43. The van der Waals surface area contributed by atoms with E-state index in [0.29, 0.717) is 12.2 Å². The Kier molecular flexibility index (Phi) is 5.17. The highest BCUT2D eigenvalue weighted by Crippen LogP contribution is 2.43. The van der Waals surface area contributed by atoms with Crippen molar-refractivity contribution in [2.45, 2.75) is 65.2 Å². The minimum atomic E-state index is -0.0373. The third kappa shape index (κ3) is 3.98. The lowest BCUT2D eigenvalue weighted by molar-refractivity contribution is 0.233. The summed E-state index contributed by atoms with van der Waals surface area (Å²) >= 11 is 0. The van der Waals surface area contributed by atoms with Gasteiger partial charge in [0, 0.05) is 12.0 Å². The Morgan fingerprint density at radius 2 is 1.88 bits per heavy atom. The first-order valence-corrected chi connectivity index (χ1v) is 9.53. The van der Waals surface area contributed by atoms with Crippen LogP contribution in [0, 0.1) is 13.8 Å². The lowest BCUT2D eigenvalue weighted by atomic mass is 9.75. The Morgan fingerprint density at radius 3 is 2.46 bits per heavy atom. The van der Waals surface area contributed by atoms with E-state index in [0.717, 1.165) is 24.5 Å². The fourth-order valence-corrected chi connectivity index (χ4v) is 3.56. The molecule has 1 aliphatic carbocycles. The van der Waals surface area contributed by atoms with E-state index < -0.39 is 0 Å². The first-order valence-electron chi connectivity index (χ1n) is 9.53. The number of aliphatic hydroxyl groups excluding tert-OH is 1. The smallest absolute Gasteiger partial charge is 0.168 e. The Labute approximate surface area is 156 Å². The molecule has 2 aliphatic rings. The topological polar surface area (TPSA) is 42.6 Å². The highest BCUT2D eigenvalue weighted by atomic mass is 16.5. The zero-order chi connectivity index (χ0) is 18.9. The van der Waals surface area contributed by atoms with Crippen molar-refractivity contribution in [3.63, 3.8) is 0 Å². The van der Waals surface area contributed by atoms with Gasteiger partial charge in [0.1, 0.15) is 11.5 Å². The number of aryl methyl sites for hydroxylation is 1. The average Bonchev–Trinajstić information content (AvgIpc) is 3.36. The highest BCUT2D eigenvalue weighted by Gasteiger charge is 2.32. The fourth-order valence-electron chi connectivity index (χ4n) is 3.56. The minimum absolute atomic E-state index is 0.0373. The molecule has 0 unspecified atom stereocenters. The first kappa shape index (κ1) is 18.6. The van der Waals surface area contributed by atoms with Gasteiger partial charge in [0.25, 0.3) is 0 Å². The Morgan fingerprint density at radius 1 is 1.19 bits per heavy atom. The molecule has 0 amide bonds. The summed E-state index contributed by atoms with van der Waals surface area (Å²) < 4.78 is 11.6. The van der Waals surface area contributed by atoms with Crippen LogP contribution in [-0.2, 0) is 11.8 Å². The lowest BCUT2D eigenvalue weighted by Gasteiger charge is -2.35. The van der Waals surface area contributed by atoms with Gasteiger partial charge in [-0.2, -0.15) is 0 Å². The van der Waals surface area contributed by atoms with E-state index in [4.69, 9.17) is 9.15 Å². The van der Waals surface area contributed by atoms with Gasteiger partial charge in [0.2, 0.25) is 0 Å². The van der Waals surface area contributed by atoms with Gasteiger partial charge < -0.3 is 14.3 Å². The van der Waals surface area contributed by atoms with Crippen LogP contribution < -0.4 is 4.74 Å². The number of hydrogen-bond donors (Lipinski definition) is 1. The van der Waals surface area contributed by atoms with Crippen molar-refractivity contribution in [3.8, 4) is 5.75 Å². The molecule has 2 heterocycles. The molecule has 1 N–H and O–H groups in total. The molecule has 140 valence electrons. The van der Waals surface area contributed by atoms with Gasteiger partial charge in [-0.3, -0.25) is 0 Å². The maximum atomic E-state index is 9.43. The normalized spacial score (nSPS) is 16.8. The third-order valence-corrected chi connectivity index (χ3v) is 5.21. The summed E-state index contributed by atoms with van der Waals surface area (Å²) in [6.07, 6.45) is 6.23. The Hall–Kier alpha value is -2.16. The number of fused-ring (bicyclic) bond motifs is 1. The molecule has 0 bridgehead atoms. The van der Waals surface area contributed by atoms with E-state index >= 15 is 0 Å². The molecule has 4 rings (SSSR count). The van der Waals surface area contributed by atoms with Gasteiger partial charge in [0.05, 0.1) is 6.61 Å². The van der Waals surface area contributed by atoms with E-state index in [1.165, 1.54) is 41.5 Å². The van der Waals surface area contributed by atoms with Crippen molar-refractivity contribution < 1.29 is 14.3 Å². The number of rotatable bonds is 3. The van der Waals surface area contributed by atoms with Crippen molar-refractivity contribution in [1.29, 1.82) is 0 Å². The molecule has 1 fully saturated rings. The summed E-state index contributed by atoms with van der Waals surface area (Å²) in [5.74, 6) is 2.24. The molecule has 3 heteroatoms. The molecule has 0 radical (unpaired) electrons. The van der Waals surface area contributed by atoms with Crippen LogP contribution in [0.4, 0.5) is 0 Å². The molecule has 26 heavy (non-hydrogen) atoms. The molecule has 0 spiro atoms. The molecule has 0 saturated heterocycles. The molecule has 1 aliphatic heterocycles. The van der Waals surface area contributed by atoms with Gasteiger partial charge in [0.15, 0.2) is 11.5 Å². The van der Waals surface area contributed by atoms with Crippen LogP contribution in [0.3, 0.4) is 0 Å². The van der Waals surface area contributed by atoms with E-state index in [1.807, 2.05) is 6.07 Å². The molecule has 3 nitrogen and oxygen atoms in total. The van der Waals surface area contributed by atoms with E-state index in [-0.39, 0.29) is 11.2 Å². The third-order valence-electron chi connectivity index (χ3n) is 5.21. The standard InChI is InChI=1S/C20H24O3.C3H6/c1-12-10-18-19(20(4,5)8-9-22-18)13(2)16(12)11-15-6-7-17(23-15)14(3)21;1-2-3-1/h6-7,10,21H,3,8-9,11H2,1-2,4-5H3;1-3H2. The number of hydrogen-bond acceptors (Lipinski definition) is 3. The van der Waals surface area contributed by atoms with Crippen LogP contribution in [-0.4, -0.2) is 11.7 Å². The second-order valence-corrected chi connectivity index (χ2v) is 8.10. The summed E-state index contributed by atoms with van der Waals surface area (Å²) in [5, 5.41) is 9.43. The summed E-state index contributed by atoms with van der Waals surface area (Å²) in [6, 6.07) is 5.80. The van der Waals surface area contributed by atoms with Gasteiger partial charge in [-0.05, 0) is 60.6 Å². The Bertz CT molecular complexity index is 806. The molecule has 1 saturated carbocycles. The minimum Gasteiger partial charge on any atom is -0.505 e. The van der Waals surface area contributed by atoms with Crippen LogP contribution in [0.5, 0.6) is 5.75 Å². The van der Waals surface area contributed by atoms with Gasteiger partial charge in [-0.1, -0.05) is 39.7 Å². The van der Waals surface area contributed by atoms with Crippen molar-refractivity contribution in [1.82, 2.24) is 0 Å². The molecule has 0 atom stereocenters. The summed E-state index contributed by atoms with van der Waals surface area (Å²) in [7, 11) is 0. The van der Waals surface area contributed by atoms with Gasteiger partial charge in [-0.25, -0.2) is 0 Å². The average molecular weight is 354 g/mol. The number of furan rings is 1. The zero-order valence-corrected chi connectivity index (χ0v) is 16.4. The monoisotopic (exact) mass is 354 g/mol. The van der Waals surface area contributed by atoms with Crippen molar-refractivity contribution in [2.75, 3.05) is 6.61 Å².